The molecule has 0 aliphatic carbocycles. The Morgan fingerprint density at radius 3 is 1.55 bits per heavy atom. The van der Waals surface area contributed by atoms with E-state index >= 15 is 0 Å². The van der Waals surface area contributed by atoms with Crippen LogP contribution in [-0.4, -0.2) is 38.1 Å². The Kier molecular flexibility index (Phi) is 25.3. The number of ether oxygens (including phenoxy) is 2. The summed E-state index contributed by atoms with van der Waals surface area (Å²) in [4.78, 5) is 0. The smallest absolute Gasteiger partial charge is 0.101 e. The zero-order chi connectivity index (χ0) is 21.3. The van der Waals surface area contributed by atoms with Crippen LogP contribution in [0.1, 0.15) is 122 Å². The Bertz CT molecular complexity index is 317. The largest absolute Gasteiger partial charge is 0.388 e. The third kappa shape index (κ3) is 25.6. The van der Waals surface area contributed by atoms with E-state index in [4.69, 9.17) is 9.47 Å². The minimum atomic E-state index is -0.486. The molecule has 3 nitrogen and oxygen atoms in total. The van der Waals surface area contributed by atoms with E-state index in [0.717, 1.165) is 13.0 Å². The van der Waals surface area contributed by atoms with Gasteiger partial charge in [0.2, 0.25) is 0 Å². The molecule has 0 aromatic heterocycles. The fourth-order valence-electron chi connectivity index (χ4n) is 3.62. The Balaban J connectivity index is 3.09. The van der Waals surface area contributed by atoms with Crippen molar-refractivity contribution in [1.82, 2.24) is 0 Å². The first-order valence-corrected chi connectivity index (χ1v) is 12.7. The predicted molar refractivity (Wildman–Crippen MR) is 127 cm³/mol. The van der Waals surface area contributed by atoms with Crippen LogP contribution >= 0.6 is 0 Å². The first-order valence-electron chi connectivity index (χ1n) is 12.7. The number of aliphatic hydroxyl groups is 1. The molecule has 0 rings (SSSR count). The van der Waals surface area contributed by atoms with E-state index in [1.807, 2.05) is 0 Å². The van der Waals surface area contributed by atoms with Crippen LogP contribution in [0.5, 0.6) is 0 Å². The number of methoxy groups -OCH3 is 1. The zero-order valence-corrected chi connectivity index (χ0v) is 19.8. The van der Waals surface area contributed by atoms with Gasteiger partial charge in [-0.1, -0.05) is 103 Å². The minimum absolute atomic E-state index is 0.357. The van der Waals surface area contributed by atoms with E-state index in [0.29, 0.717) is 13.2 Å². The van der Waals surface area contributed by atoms with E-state index in [-0.39, 0.29) is 0 Å². The van der Waals surface area contributed by atoms with Crippen molar-refractivity contribution >= 4 is 0 Å². The third-order valence-electron chi connectivity index (χ3n) is 5.47. The minimum Gasteiger partial charge on any atom is -0.388 e. The summed E-state index contributed by atoms with van der Waals surface area (Å²) < 4.78 is 10.3. The highest BCUT2D eigenvalue weighted by atomic mass is 16.5. The Morgan fingerprint density at radius 1 is 0.621 bits per heavy atom. The summed E-state index contributed by atoms with van der Waals surface area (Å²) in [5.41, 5.74) is 0. The highest BCUT2D eigenvalue weighted by molar-refractivity contribution is 4.81. The SMILES string of the molecule is CCCCCCCCCC=CCCCCCCCCCCCOC[C@@H](O)COC. The first kappa shape index (κ1) is 28.6. The van der Waals surface area contributed by atoms with Gasteiger partial charge in [-0.25, -0.2) is 0 Å². The summed E-state index contributed by atoms with van der Waals surface area (Å²) in [6.45, 7) is 3.79. The summed E-state index contributed by atoms with van der Waals surface area (Å²) >= 11 is 0. The normalized spacial score (nSPS) is 12.8. The first-order chi connectivity index (χ1) is 14.3. The van der Waals surface area contributed by atoms with Crippen molar-refractivity contribution in [2.24, 2.45) is 0 Å². The van der Waals surface area contributed by atoms with E-state index in [1.165, 1.54) is 109 Å². The molecule has 0 heterocycles. The lowest BCUT2D eigenvalue weighted by Gasteiger charge is -2.09. The molecule has 0 radical (unpaired) electrons. The van der Waals surface area contributed by atoms with Crippen molar-refractivity contribution in [2.45, 2.75) is 129 Å². The summed E-state index contributed by atoms with van der Waals surface area (Å²) in [5, 5.41) is 9.46. The highest BCUT2D eigenvalue weighted by Gasteiger charge is 2.02. The van der Waals surface area contributed by atoms with Crippen LogP contribution in [0.4, 0.5) is 0 Å². The second-order valence-electron chi connectivity index (χ2n) is 8.54. The molecule has 0 saturated heterocycles. The quantitative estimate of drug-likeness (QED) is 0.131. The van der Waals surface area contributed by atoms with E-state index < -0.39 is 6.10 Å². The molecule has 0 spiro atoms. The topological polar surface area (TPSA) is 38.7 Å². The fourth-order valence-corrected chi connectivity index (χ4v) is 3.62. The van der Waals surface area contributed by atoms with Gasteiger partial charge in [0, 0.05) is 13.7 Å². The van der Waals surface area contributed by atoms with Crippen molar-refractivity contribution in [3.63, 3.8) is 0 Å². The number of aliphatic hydroxyl groups excluding tert-OH is 1. The van der Waals surface area contributed by atoms with Crippen molar-refractivity contribution in [2.75, 3.05) is 26.9 Å². The molecule has 29 heavy (non-hydrogen) atoms. The maximum absolute atomic E-state index is 9.46. The van der Waals surface area contributed by atoms with Gasteiger partial charge in [0.1, 0.15) is 6.10 Å². The number of hydrogen-bond donors (Lipinski definition) is 1. The Morgan fingerprint density at radius 2 is 1.07 bits per heavy atom. The molecular formula is C26H52O3. The summed E-state index contributed by atoms with van der Waals surface area (Å²) in [6.07, 6.45) is 28.7. The van der Waals surface area contributed by atoms with Crippen LogP contribution in [0.25, 0.3) is 0 Å². The number of rotatable bonds is 24. The standard InChI is InChI=1S/C26H52O3/c1-3-4-5-6-7-8-9-10-11-12-13-14-15-16-17-18-19-20-21-22-23-29-25-26(27)24-28-2/h11-12,26-27H,3-10,13-25H2,1-2H3/t26-/m0/s1. The van der Waals surface area contributed by atoms with E-state index in [2.05, 4.69) is 19.1 Å². The summed E-state index contributed by atoms with van der Waals surface area (Å²) in [7, 11) is 1.60. The molecule has 0 fully saturated rings. The fraction of sp³-hybridized carbons (Fsp3) is 0.923. The van der Waals surface area contributed by atoms with Crippen LogP contribution < -0.4 is 0 Å². The molecule has 0 amide bonds. The molecule has 1 N–H and O–H groups in total. The van der Waals surface area contributed by atoms with Gasteiger partial charge in [-0.15, -0.1) is 0 Å². The lowest BCUT2D eigenvalue weighted by Crippen LogP contribution is -2.21. The Hall–Kier alpha value is -0.380. The van der Waals surface area contributed by atoms with E-state index in [9.17, 15) is 5.11 Å². The van der Waals surface area contributed by atoms with Gasteiger partial charge in [-0.05, 0) is 32.1 Å². The van der Waals surface area contributed by atoms with Gasteiger partial charge in [0.15, 0.2) is 0 Å². The maximum atomic E-state index is 9.46. The summed E-state index contributed by atoms with van der Waals surface area (Å²) in [6, 6.07) is 0. The average molecular weight is 413 g/mol. The second-order valence-corrected chi connectivity index (χ2v) is 8.54. The molecule has 0 aromatic carbocycles. The molecular weight excluding hydrogens is 360 g/mol. The van der Waals surface area contributed by atoms with Gasteiger partial charge in [-0.2, -0.15) is 0 Å². The van der Waals surface area contributed by atoms with E-state index in [1.54, 1.807) is 7.11 Å². The van der Waals surface area contributed by atoms with Crippen molar-refractivity contribution < 1.29 is 14.6 Å². The monoisotopic (exact) mass is 412 g/mol. The second kappa shape index (κ2) is 25.7. The third-order valence-corrected chi connectivity index (χ3v) is 5.47. The predicted octanol–water partition coefficient (Wildman–Crippen LogP) is 7.61. The summed E-state index contributed by atoms with van der Waals surface area (Å²) in [5.74, 6) is 0. The van der Waals surface area contributed by atoms with Crippen molar-refractivity contribution in [1.29, 1.82) is 0 Å². The lowest BCUT2D eigenvalue weighted by atomic mass is 10.1. The van der Waals surface area contributed by atoms with Crippen molar-refractivity contribution in [3.8, 4) is 0 Å². The van der Waals surface area contributed by atoms with Gasteiger partial charge in [0.25, 0.3) is 0 Å². The zero-order valence-electron chi connectivity index (χ0n) is 19.8. The molecule has 0 aliphatic heterocycles. The number of hydrogen-bond acceptors (Lipinski definition) is 3. The molecule has 0 saturated carbocycles. The van der Waals surface area contributed by atoms with Gasteiger partial charge < -0.3 is 14.6 Å². The number of unbranched alkanes of at least 4 members (excludes halogenated alkanes) is 16. The van der Waals surface area contributed by atoms with Crippen LogP contribution in [0.15, 0.2) is 12.2 Å². The van der Waals surface area contributed by atoms with Gasteiger partial charge in [0.05, 0.1) is 13.2 Å². The van der Waals surface area contributed by atoms with Crippen LogP contribution in [0.3, 0.4) is 0 Å². The van der Waals surface area contributed by atoms with Crippen molar-refractivity contribution in [3.05, 3.63) is 12.2 Å². The number of allylic oxidation sites excluding steroid dienone is 2. The molecule has 174 valence electrons. The molecule has 1 atom stereocenters. The lowest BCUT2D eigenvalue weighted by molar-refractivity contribution is -0.00684. The maximum Gasteiger partial charge on any atom is 0.101 e. The molecule has 3 heteroatoms. The Labute approximate surface area is 182 Å². The average Bonchev–Trinajstić information content (AvgIpc) is 2.72. The van der Waals surface area contributed by atoms with Crippen LogP contribution in [0.2, 0.25) is 0 Å². The molecule has 0 aromatic rings. The van der Waals surface area contributed by atoms with Gasteiger partial charge >= 0.3 is 0 Å². The molecule has 0 unspecified atom stereocenters. The molecule has 0 aliphatic rings. The van der Waals surface area contributed by atoms with Crippen LogP contribution in [0, 0.1) is 0 Å². The van der Waals surface area contributed by atoms with Gasteiger partial charge in [-0.3, -0.25) is 0 Å². The molecule has 0 bridgehead atoms. The highest BCUT2D eigenvalue weighted by Crippen LogP contribution is 2.12. The van der Waals surface area contributed by atoms with Crippen LogP contribution in [-0.2, 0) is 9.47 Å².